The molecule has 99 valence electrons. The van der Waals surface area contributed by atoms with Gasteiger partial charge in [-0.25, -0.2) is 0 Å². The highest BCUT2D eigenvalue weighted by molar-refractivity contribution is 5.29. The molecule has 0 aliphatic rings. The zero-order valence-electron chi connectivity index (χ0n) is 11.3. The number of rotatable bonds is 7. The molecule has 2 rings (SSSR count). The Morgan fingerprint density at radius 2 is 1.68 bits per heavy atom. The zero-order valence-corrected chi connectivity index (χ0v) is 11.3. The lowest BCUT2D eigenvalue weighted by molar-refractivity contribution is 0.305. The Hall–Kier alpha value is -1.76. The molecule has 1 radical (unpaired) electrons. The lowest BCUT2D eigenvalue weighted by Gasteiger charge is -2.06. The number of ether oxygens (including phenoxy) is 1. The van der Waals surface area contributed by atoms with Crippen molar-refractivity contribution in [3.05, 3.63) is 72.6 Å². The van der Waals surface area contributed by atoms with Gasteiger partial charge in [0.2, 0.25) is 0 Å². The van der Waals surface area contributed by atoms with E-state index in [9.17, 15) is 0 Å². The van der Waals surface area contributed by atoms with Crippen LogP contribution in [-0.2, 0) is 6.42 Å². The summed E-state index contributed by atoms with van der Waals surface area (Å²) >= 11 is 0. The molecule has 0 aromatic heterocycles. The lowest BCUT2D eigenvalue weighted by Crippen LogP contribution is -1.97. The molecular formula is C18H21O. The molecule has 0 heterocycles. The Balaban J connectivity index is 1.58. The summed E-state index contributed by atoms with van der Waals surface area (Å²) in [5, 5.41) is 0. The van der Waals surface area contributed by atoms with Crippen LogP contribution in [0.1, 0.15) is 30.4 Å². The smallest absolute Gasteiger partial charge is 0.119 e. The molecule has 0 saturated heterocycles. The van der Waals surface area contributed by atoms with Crippen LogP contribution in [0.25, 0.3) is 0 Å². The summed E-state index contributed by atoms with van der Waals surface area (Å²) in [7, 11) is 0. The van der Waals surface area contributed by atoms with Crippen molar-refractivity contribution in [2.75, 3.05) is 6.61 Å². The van der Waals surface area contributed by atoms with Crippen molar-refractivity contribution in [3.8, 4) is 5.75 Å². The zero-order chi connectivity index (χ0) is 13.3. The van der Waals surface area contributed by atoms with Crippen LogP contribution in [0, 0.1) is 6.92 Å². The van der Waals surface area contributed by atoms with Gasteiger partial charge in [0, 0.05) is 0 Å². The van der Waals surface area contributed by atoms with Crippen LogP contribution in [0.4, 0.5) is 0 Å². The summed E-state index contributed by atoms with van der Waals surface area (Å²) in [5.41, 5.74) is 2.43. The van der Waals surface area contributed by atoms with Gasteiger partial charge in [-0.3, -0.25) is 0 Å². The molecule has 0 unspecified atom stereocenters. The summed E-state index contributed by atoms with van der Waals surface area (Å²) in [4.78, 5) is 0. The second kappa shape index (κ2) is 7.63. The Kier molecular flexibility index (Phi) is 5.49. The van der Waals surface area contributed by atoms with Crippen molar-refractivity contribution in [1.29, 1.82) is 0 Å². The maximum atomic E-state index is 5.70. The largest absolute Gasteiger partial charge is 0.494 e. The molecule has 1 nitrogen and oxygen atoms in total. The Labute approximate surface area is 116 Å². The summed E-state index contributed by atoms with van der Waals surface area (Å²) in [6.07, 6.45) is 4.70. The van der Waals surface area contributed by atoms with E-state index < -0.39 is 0 Å². The van der Waals surface area contributed by atoms with Crippen LogP contribution in [0.2, 0.25) is 0 Å². The van der Waals surface area contributed by atoms with Gasteiger partial charge in [0.15, 0.2) is 0 Å². The van der Waals surface area contributed by atoms with Gasteiger partial charge in [-0.1, -0.05) is 42.5 Å². The van der Waals surface area contributed by atoms with Crippen molar-refractivity contribution in [2.24, 2.45) is 0 Å². The minimum atomic E-state index is 0.790. The average Bonchev–Trinajstić information content (AvgIpc) is 2.44. The molecule has 0 atom stereocenters. The van der Waals surface area contributed by atoms with Crippen LogP contribution < -0.4 is 4.74 Å². The highest BCUT2D eigenvalue weighted by Crippen LogP contribution is 2.13. The minimum Gasteiger partial charge on any atom is -0.494 e. The highest BCUT2D eigenvalue weighted by atomic mass is 16.5. The summed E-state index contributed by atoms with van der Waals surface area (Å²) in [6.45, 7) is 4.68. The number of hydrogen-bond acceptors (Lipinski definition) is 1. The first-order valence-corrected chi connectivity index (χ1v) is 6.93. The monoisotopic (exact) mass is 253 g/mol. The third-order valence-electron chi connectivity index (χ3n) is 3.12. The second-order valence-electron chi connectivity index (χ2n) is 4.79. The molecule has 1 heteroatoms. The molecule has 2 aromatic carbocycles. The number of aryl methyl sites for hydroxylation is 1. The van der Waals surface area contributed by atoms with E-state index in [-0.39, 0.29) is 0 Å². The van der Waals surface area contributed by atoms with E-state index in [1.807, 2.05) is 24.3 Å². The van der Waals surface area contributed by atoms with E-state index in [4.69, 9.17) is 4.74 Å². The molecule has 0 N–H and O–H groups in total. The van der Waals surface area contributed by atoms with Crippen LogP contribution in [0.5, 0.6) is 5.75 Å². The Morgan fingerprint density at radius 1 is 0.842 bits per heavy atom. The third-order valence-corrected chi connectivity index (χ3v) is 3.12. The van der Waals surface area contributed by atoms with Crippen LogP contribution in [0.15, 0.2) is 54.6 Å². The van der Waals surface area contributed by atoms with E-state index in [1.165, 1.54) is 18.4 Å². The number of benzene rings is 2. The molecule has 0 saturated carbocycles. The molecule has 0 spiro atoms. The normalized spacial score (nSPS) is 10.4. The Morgan fingerprint density at radius 3 is 2.47 bits per heavy atom. The molecule has 2 aromatic rings. The van der Waals surface area contributed by atoms with Crippen molar-refractivity contribution < 1.29 is 4.74 Å². The van der Waals surface area contributed by atoms with Crippen molar-refractivity contribution in [2.45, 2.75) is 25.7 Å². The van der Waals surface area contributed by atoms with Gasteiger partial charge in [0.05, 0.1) is 6.61 Å². The van der Waals surface area contributed by atoms with Gasteiger partial charge in [0.25, 0.3) is 0 Å². The molecule has 0 fully saturated rings. The average molecular weight is 253 g/mol. The maximum absolute atomic E-state index is 5.70. The van der Waals surface area contributed by atoms with E-state index in [1.54, 1.807) is 0 Å². The molecular weight excluding hydrogens is 232 g/mol. The van der Waals surface area contributed by atoms with Gasteiger partial charge in [-0.2, -0.15) is 0 Å². The number of hydrogen-bond donors (Lipinski definition) is 0. The first-order chi connectivity index (χ1) is 9.34. The molecule has 0 aliphatic carbocycles. The van der Waals surface area contributed by atoms with E-state index in [2.05, 4.69) is 37.3 Å². The summed E-state index contributed by atoms with van der Waals surface area (Å²) < 4.78 is 5.70. The summed E-state index contributed by atoms with van der Waals surface area (Å²) in [6, 6.07) is 18.6. The van der Waals surface area contributed by atoms with Gasteiger partial charge in [-0.05, 0) is 55.9 Å². The molecule has 0 aliphatic heterocycles. The Bertz CT molecular complexity index is 476. The fourth-order valence-corrected chi connectivity index (χ4v) is 2.08. The van der Waals surface area contributed by atoms with Gasteiger partial charge < -0.3 is 4.74 Å². The standard InChI is InChI=1S/C18H21O/c1-16-9-8-13-18(15-16)19-14-7-3-6-12-17-10-4-2-5-11-17/h2,4-5,8-11,13,15H,1,3,6-7,12,14H2. The molecule has 0 amide bonds. The predicted octanol–water partition coefficient (Wildman–Crippen LogP) is 4.66. The maximum Gasteiger partial charge on any atom is 0.119 e. The predicted molar refractivity (Wildman–Crippen MR) is 80.4 cm³/mol. The molecule has 19 heavy (non-hydrogen) atoms. The molecule has 0 bridgehead atoms. The van der Waals surface area contributed by atoms with Gasteiger partial charge >= 0.3 is 0 Å². The van der Waals surface area contributed by atoms with Crippen LogP contribution >= 0.6 is 0 Å². The van der Waals surface area contributed by atoms with Gasteiger partial charge in [0.1, 0.15) is 5.75 Å². The third kappa shape index (κ3) is 5.17. The highest BCUT2D eigenvalue weighted by Gasteiger charge is 1.95. The topological polar surface area (TPSA) is 9.23 Å². The van der Waals surface area contributed by atoms with E-state index in [0.717, 1.165) is 30.8 Å². The lowest BCUT2D eigenvalue weighted by atomic mass is 10.1. The first kappa shape index (κ1) is 13.7. The van der Waals surface area contributed by atoms with Gasteiger partial charge in [-0.15, -0.1) is 0 Å². The first-order valence-electron chi connectivity index (χ1n) is 6.93. The number of unbranched alkanes of at least 4 members (excludes halogenated alkanes) is 2. The van der Waals surface area contributed by atoms with E-state index in [0.29, 0.717) is 0 Å². The summed E-state index contributed by atoms with van der Waals surface area (Å²) in [5.74, 6) is 0.926. The van der Waals surface area contributed by atoms with Crippen molar-refractivity contribution in [1.82, 2.24) is 0 Å². The van der Waals surface area contributed by atoms with Crippen molar-refractivity contribution in [3.63, 3.8) is 0 Å². The quantitative estimate of drug-likeness (QED) is 0.652. The van der Waals surface area contributed by atoms with Crippen LogP contribution in [0.3, 0.4) is 0 Å². The SMILES string of the molecule is [CH2]c1cccc(OCCCCCc2ccccc2)c1. The van der Waals surface area contributed by atoms with E-state index >= 15 is 0 Å². The minimum absolute atomic E-state index is 0.790. The fourth-order valence-electron chi connectivity index (χ4n) is 2.08. The van der Waals surface area contributed by atoms with Crippen molar-refractivity contribution >= 4 is 0 Å². The second-order valence-corrected chi connectivity index (χ2v) is 4.79. The fraction of sp³-hybridized carbons (Fsp3) is 0.278. The van der Waals surface area contributed by atoms with Crippen LogP contribution in [-0.4, -0.2) is 6.61 Å².